The fourth-order valence-electron chi connectivity index (χ4n) is 4.66. The van der Waals surface area contributed by atoms with Gasteiger partial charge in [-0.2, -0.15) is 4.57 Å². The number of hydrogen-bond donors (Lipinski definition) is 0. The molecule has 0 fully saturated rings. The van der Waals surface area contributed by atoms with Gasteiger partial charge < -0.3 is 8.98 Å². The summed E-state index contributed by atoms with van der Waals surface area (Å²) in [7, 11) is 4.15. The van der Waals surface area contributed by atoms with E-state index < -0.39 is 0 Å². The molecule has 0 unspecified atom stereocenters. The van der Waals surface area contributed by atoms with E-state index in [2.05, 4.69) is 90.9 Å². The fraction of sp³-hybridized carbons (Fsp3) is 0.111. The second kappa shape index (κ2) is 6.54. The Morgan fingerprint density at radius 1 is 0.839 bits per heavy atom. The zero-order valence-corrected chi connectivity index (χ0v) is 17.8. The van der Waals surface area contributed by atoms with Gasteiger partial charge in [0, 0.05) is 29.4 Å². The van der Waals surface area contributed by atoms with Crippen molar-refractivity contribution in [1.29, 1.82) is 0 Å². The second-order valence-corrected chi connectivity index (χ2v) is 8.08. The van der Waals surface area contributed by atoms with Gasteiger partial charge >= 0.3 is 0 Å². The van der Waals surface area contributed by atoms with Crippen LogP contribution < -0.4 is 4.57 Å². The number of rotatable bonds is 2. The number of benzene rings is 3. The average Bonchev–Trinajstić information content (AvgIpc) is 3.32. The minimum atomic E-state index is 0.911. The van der Waals surface area contributed by atoms with E-state index in [0.717, 1.165) is 55.6 Å². The molecule has 0 aliphatic heterocycles. The Hall–Kier alpha value is -3.92. The molecular formula is C27H22N3O+. The van der Waals surface area contributed by atoms with E-state index in [0.29, 0.717) is 0 Å². The standard InChI is InChI=1S/C27H22N3O/c1-17-18(10-8-11-19(17)27-28-22-12-5-6-13-23(22)30(27)3)25-26-21(15-16-29(25)2)20-9-4-7-14-24(20)31-26/h4-16H,1-3H3/q+1. The number of aromatic nitrogens is 3. The lowest BCUT2D eigenvalue weighted by molar-refractivity contribution is -0.659. The summed E-state index contributed by atoms with van der Waals surface area (Å²) < 4.78 is 10.7. The molecule has 0 saturated carbocycles. The van der Waals surface area contributed by atoms with Crippen molar-refractivity contribution in [3.8, 4) is 22.6 Å². The molecule has 3 aromatic heterocycles. The van der Waals surface area contributed by atoms with Crippen LogP contribution >= 0.6 is 0 Å². The Morgan fingerprint density at radius 2 is 1.61 bits per heavy atom. The van der Waals surface area contributed by atoms with Gasteiger partial charge in [0.1, 0.15) is 18.5 Å². The first-order chi connectivity index (χ1) is 15.1. The third-order valence-corrected chi connectivity index (χ3v) is 6.28. The fourth-order valence-corrected chi connectivity index (χ4v) is 4.66. The summed E-state index contributed by atoms with van der Waals surface area (Å²) in [6.07, 6.45) is 2.11. The summed E-state index contributed by atoms with van der Waals surface area (Å²) in [4.78, 5) is 4.93. The van der Waals surface area contributed by atoms with Crippen LogP contribution in [0.2, 0.25) is 0 Å². The van der Waals surface area contributed by atoms with Gasteiger partial charge in [-0.25, -0.2) is 4.98 Å². The van der Waals surface area contributed by atoms with Gasteiger partial charge in [0.15, 0.2) is 6.20 Å². The maximum absolute atomic E-state index is 6.35. The molecule has 6 aromatic rings. The summed E-state index contributed by atoms with van der Waals surface area (Å²) in [5.41, 5.74) is 8.50. The van der Waals surface area contributed by atoms with E-state index in [-0.39, 0.29) is 0 Å². The highest BCUT2D eigenvalue weighted by Crippen LogP contribution is 2.37. The molecule has 4 nitrogen and oxygen atoms in total. The molecule has 3 heterocycles. The van der Waals surface area contributed by atoms with Gasteiger partial charge in [0.05, 0.1) is 16.6 Å². The van der Waals surface area contributed by atoms with Gasteiger partial charge in [-0.3, -0.25) is 0 Å². The van der Waals surface area contributed by atoms with Crippen molar-refractivity contribution in [3.05, 3.63) is 84.6 Å². The molecule has 6 rings (SSSR count). The highest BCUT2D eigenvalue weighted by Gasteiger charge is 2.24. The molecule has 0 spiro atoms. The van der Waals surface area contributed by atoms with Gasteiger partial charge in [0.2, 0.25) is 5.58 Å². The third-order valence-electron chi connectivity index (χ3n) is 6.28. The summed E-state index contributed by atoms with van der Waals surface area (Å²) in [6.45, 7) is 2.17. The normalized spacial score (nSPS) is 11.7. The minimum Gasteiger partial charge on any atom is -0.449 e. The number of hydrogen-bond acceptors (Lipinski definition) is 2. The SMILES string of the molecule is Cc1c(-c2nc3ccccc3n2C)cccc1-c1c2oc3ccccc3c2cc[n+]1C. The smallest absolute Gasteiger partial charge is 0.256 e. The topological polar surface area (TPSA) is 34.8 Å². The van der Waals surface area contributed by atoms with Crippen LogP contribution in [0.5, 0.6) is 0 Å². The lowest BCUT2D eigenvalue weighted by Crippen LogP contribution is -2.30. The maximum Gasteiger partial charge on any atom is 0.256 e. The first-order valence-electron chi connectivity index (χ1n) is 10.4. The molecule has 0 aliphatic carbocycles. The van der Waals surface area contributed by atoms with Crippen LogP contribution in [0.3, 0.4) is 0 Å². The van der Waals surface area contributed by atoms with Crippen molar-refractivity contribution < 1.29 is 8.98 Å². The molecule has 0 saturated heterocycles. The van der Waals surface area contributed by atoms with Gasteiger partial charge in [-0.05, 0) is 36.8 Å². The van der Waals surface area contributed by atoms with Crippen molar-refractivity contribution in [1.82, 2.24) is 9.55 Å². The number of imidazole rings is 1. The maximum atomic E-state index is 6.35. The highest BCUT2D eigenvalue weighted by atomic mass is 16.3. The van der Waals surface area contributed by atoms with Crippen molar-refractivity contribution in [3.63, 3.8) is 0 Å². The lowest BCUT2D eigenvalue weighted by atomic mass is 9.97. The van der Waals surface area contributed by atoms with Gasteiger partial charge in [0.25, 0.3) is 5.69 Å². The number of aryl methyl sites for hydroxylation is 2. The lowest BCUT2D eigenvalue weighted by Gasteiger charge is -2.11. The molecule has 0 N–H and O–H groups in total. The number of para-hydroxylation sites is 3. The quantitative estimate of drug-likeness (QED) is 0.335. The van der Waals surface area contributed by atoms with Crippen LogP contribution in [-0.4, -0.2) is 9.55 Å². The van der Waals surface area contributed by atoms with Crippen LogP contribution in [-0.2, 0) is 14.1 Å². The predicted molar refractivity (Wildman–Crippen MR) is 125 cm³/mol. The molecule has 0 radical (unpaired) electrons. The zero-order valence-electron chi connectivity index (χ0n) is 17.8. The molecular weight excluding hydrogens is 382 g/mol. The number of fused-ring (bicyclic) bond motifs is 4. The van der Waals surface area contributed by atoms with Crippen molar-refractivity contribution in [2.75, 3.05) is 0 Å². The Balaban J connectivity index is 1.64. The molecule has 0 atom stereocenters. The van der Waals surface area contributed by atoms with Crippen LogP contribution in [0.1, 0.15) is 5.56 Å². The first-order valence-corrected chi connectivity index (χ1v) is 10.4. The summed E-state index contributed by atoms with van der Waals surface area (Å²) >= 11 is 0. The predicted octanol–water partition coefficient (Wildman–Crippen LogP) is 5.94. The molecule has 0 aliphatic rings. The van der Waals surface area contributed by atoms with Gasteiger partial charge in [-0.15, -0.1) is 0 Å². The molecule has 3 aromatic carbocycles. The molecule has 150 valence electrons. The number of pyridine rings is 1. The molecule has 0 amide bonds. The van der Waals surface area contributed by atoms with Gasteiger partial charge in [-0.1, -0.05) is 42.5 Å². The van der Waals surface area contributed by atoms with E-state index in [4.69, 9.17) is 9.40 Å². The number of furan rings is 1. The second-order valence-electron chi connectivity index (χ2n) is 8.08. The summed E-state index contributed by atoms with van der Waals surface area (Å²) in [5.74, 6) is 0.972. The Bertz CT molecular complexity index is 1620. The van der Waals surface area contributed by atoms with Crippen molar-refractivity contribution in [2.45, 2.75) is 6.92 Å². The molecule has 0 bridgehead atoms. The van der Waals surface area contributed by atoms with Crippen LogP contribution in [0.4, 0.5) is 0 Å². The monoisotopic (exact) mass is 404 g/mol. The largest absolute Gasteiger partial charge is 0.449 e. The van der Waals surface area contributed by atoms with Crippen LogP contribution in [0, 0.1) is 6.92 Å². The Morgan fingerprint density at radius 3 is 2.48 bits per heavy atom. The highest BCUT2D eigenvalue weighted by molar-refractivity contribution is 6.08. The summed E-state index contributed by atoms with van der Waals surface area (Å²) in [5, 5.41) is 2.28. The first kappa shape index (κ1) is 17.9. The van der Waals surface area contributed by atoms with E-state index in [1.165, 1.54) is 5.56 Å². The molecule has 31 heavy (non-hydrogen) atoms. The average molecular weight is 404 g/mol. The molecule has 4 heteroatoms. The van der Waals surface area contributed by atoms with E-state index in [9.17, 15) is 0 Å². The van der Waals surface area contributed by atoms with Crippen LogP contribution in [0.15, 0.2) is 83.4 Å². The number of nitrogens with zero attached hydrogens (tertiary/aromatic N) is 3. The van der Waals surface area contributed by atoms with Crippen LogP contribution in [0.25, 0.3) is 55.6 Å². The summed E-state index contributed by atoms with van der Waals surface area (Å²) in [6, 6.07) is 25.0. The third kappa shape index (κ3) is 2.55. The minimum absolute atomic E-state index is 0.911. The van der Waals surface area contributed by atoms with E-state index in [1.54, 1.807) is 0 Å². The van der Waals surface area contributed by atoms with E-state index in [1.807, 2.05) is 18.2 Å². The Kier molecular flexibility index (Phi) is 3.78. The van der Waals surface area contributed by atoms with Crippen molar-refractivity contribution >= 4 is 33.0 Å². The van der Waals surface area contributed by atoms with Crippen molar-refractivity contribution in [2.24, 2.45) is 14.1 Å². The van der Waals surface area contributed by atoms with E-state index >= 15 is 0 Å². The Labute approximate surface area is 180 Å². The zero-order chi connectivity index (χ0) is 21.1.